The van der Waals surface area contributed by atoms with Crippen molar-refractivity contribution in [2.24, 2.45) is 0 Å². The molecule has 3 N–H and O–H groups in total. The van der Waals surface area contributed by atoms with E-state index in [1.807, 2.05) is 0 Å². The van der Waals surface area contributed by atoms with E-state index in [-0.39, 0.29) is 6.54 Å². The van der Waals surface area contributed by atoms with Gasteiger partial charge in [0, 0.05) is 19.4 Å². The standard InChI is InChI=1S/C15H19F13N2O7S2/c1-30(8-9(31)32,6-3-7-38(33,34)35)5-2-4-29-39(36,37)15(27,28)13(22,23)11(18,19)10(16,17)12(20,21)14(24,25)26/h29H,2-8H2,1H3,(H-,31,32,33,34,35)/p+1. The number of nitrogens with zero attached hydrogens (tertiary/aromatic N) is 1. The Labute approximate surface area is 211 Å². The maximum atomic E-state index is 13.9. The lowest BCUT2D eigenvalue weighted by Gasteiger charge is -2.39. The van der Waals surface area contributed by atoms with Crippen molar-refractivity contribution in [3.63, 3.8) is 0 Å². The van der Waals surface area contributed by atoms with Crippen LogP contribution in [0.3, 0.4) is 0 Å². The van der Waals surface area contributed by atoms with Gasteiger partial charge in [-0.3, -0.25) is 4.55 Å². The Morgan fingerprint density at radius 3 is 1.54 bits per heavy atom. The molecule has 0 saturated carbocycles. The molecule has 0 bridgehead atoms. The quantitative estimate of drug-likeness (QED) is 0.101. The van der Waals surface area contributed by atoms with Crippen LogP contribution in [0.1, 0.15) is 12.8 Å². The summed E-state index contributed by atoms with van der Waals surface area (Å²) in [7, 11) is -10.7. The summed E-state index contributed by atoms with van der Waals surface area (Å²) in [6.07, 6.45) is -8.88. The highest BCUT2D eigenvalue weighted by atomic mass is 32.2. The van der Waals surface area contributed by atoms with E-state index >= 15 is 0 Å². The van der Waals surface area contributed by atoms with Crippen molar-refractivity contribution in [1.82, 2.24) is 4.72 Å². The van der Waals surface area contributed by atoms with Gasteiger partial charge in [-0.2, -0.15) is 65.5 Å². The molecule has 0 amide bonds. The van der Waals surface area contributed by atoms with E-state index in [9.17, 15) is 78.7 Å². The molecule has 0 fully saturated rings. The minimum atomic E-state index is -8.30. The zero-order chi connectivity index (χ0) is 31.7. The maximum absolute atomic E-state index is 13.9. The molecule has 0 aliphatic rings. The highest BCUT2D eigenvalue weighted by molar-refractivity contribution is 7.90. The molecule has 0 rings (SSSR count). The summed E-state index contributed by atoms with van der Waals surface area (Å²) in [4.78, 5) is 11.0. The van der Waals surface area contributed by atoms with Gasteiger partial charge in [-0.05, 0) is 0 Å². The van der Waals surface area contributed by atoms with Gasteiger partial charge in [0.25, 0.3) is 20.1 Å². The number of alkyl halides is 13. The molecule has 0 saturated heterocycles. The molecular formula is C15H20F13N2O7S2+. The molecule has 1 unspecified atom stereocenters. The number of hydrogen-bond donors (Lipinski definition) is 3. The van der Waals surface area contributed by atoms with Crippen molar-refractivity contribution in [2.75, 3.05) is 39.0 Å². The highest BCUT2D eigenvalue weighted by Gasteiger charge is 2.92. The first-order valence-corrected chi connectivity index (χ1v) is 12.9. The molecule has 0 spiro atoms. The lowest BCUT2D eigenvalue weighted by Crippen LogP contribution is -2.71. The number of carboxylic acid groups (broad SMARTS) is 1. The SMILES string of the molecule is C[N+](CCCNS(=O)(=O)C(F)(F)C(F)(F)C(F)(F)C(F)(F)C(F)(F)C(F)(F)F)(CCCS(=O)(=O)O)CC(=O)O. The summed E-state index contributed by atoms with van der Waals surface area (Å²) in [6.45, 7) is -3.27. The number of quaternary nitrogens is 1. The predicted molar refractivity (Wildman–Crippen MR) is 102 cm³/mol. The van der Waals surface area contributed by atoms with E-state index in [0.717, 1.165) is 7.05 Å². The lowest BCUT2D eigenvalue weighted by atomic mass is 9.98. The molecule has 0 aliphatic heterocycles. The van der Waals surface area contributed by atoms with Crippen LogP contribution in [0.4, 0.5) is 57.1 Å². The van der Waals surface area contributed by atoms with Crippen LogP contribution in [0, 0.1) is 0 Å². The monoisotopic (exact) mass is 651 g/mol. The summed E-state index contributed by atoms with van der Waals surface area (Å²) in [6, 6.07) is 0. The van der Waals surface area contributed by atoms with Gasteiger partial charge in [0.15, 0.2) is 6.54 Å². The number of nitrogens with one attached hydrogen (secondary N) is 1. The Hall–Kier alpha value is -1.66. The third-order valence-electron chi connectivity index (χ3n) is 5.03. The van der Waals surface area contributed by atoms with Crippen LogP contribution in [0.2, 0.25) is 0 Å². The third kappa shape index (κ3) is 7.75. The van der Waals surface area contributed by atoms with Crippen LogP contribution < -0.4 is 4.72 Å². The van der Waals surface area contributed by atoms with Crippen molar-refractivity contribution in [1.29, 1.82) is 0 Å². The van der Waals surface area contributed by atoms with Gasteiger partial charge >= 0.3 is 41.1 Å². The van der Waals surface area contributed by atoms with E-state index < -0.39 is 104 Å². The summed E-state index contributed by atoms with van der Waals surface area (Å²) in [5.74, 6) is -35.1. The Morgan fingerprint density at radius 2 is 1.15 bits per heavy atom. The summed E-state index contributed by atoms with van der Waals surface area (Å²) in [5.41, 5.74) is 0. The first-order valence-electron chi connectivity index (χ1n) is 9.78. The van der Waals surface area contributed by atoms with Gasteiger partial charge in [-0.1, -0.05) is 0 Å². The second-order valence-electron chi connectivity index (χ2n) is 8.32. The van der Waals surface area contributed by atoms with Crippen molar-refractivity contribution < 1.29 is 92.8 Å². The summed E-state index contributed by atoms with van der Waals surface area (Å²) in [5, 5.41) is 1.49. The summed E-state index contributed by atoms with van der Waals surface area (Å²) >= 11 is 0. The molecule has 24 heteroatoms. The van der Waals surface area contributed by atoms with Gasteiger partial charge in [0.2, 0.25) is 0 Å². The van der Waals surface area contributed by atoms with Crippen LogP contribution in [-0.4, -0.2) is 111 Å². The van der Waals surface area contributed by atoms with Crippen molar-refractivity contribution >= 4 is 26.1 Å². The van der Waals surface area contributed by atoms with Crippen LogP contribution in [0.15, 0.2) is 0 Å². The Kier molecular flexibility index (Phi) is 10.8. The largest absolute Gasteiger partial charge is 0.477 e. The van der Waals surface area contributed by atoms with E-state index in [2.05, 4.69) is 0 Å². The molecule has 234 valence electrons. The predicted octanol–water partition coefficient (Wildman–Crippen LogP) is 2.80. The third-order valence-corrected chi connectivity index (χ3v) is 7.35. The molecule has 39 heavy (non-hydrogen) atoms. The topological polar surface area (TPSA) is 138 Å². The van der Waals surface area contributed by atoms with Crippen LogP contribution in [-0.2, 0) is 24.9 Å². The zero-order valence-corrected chi connectivity index (χ0v) is 20.7. The number of sulfonamides is 1. The van der Waals surface area contributed by atoms with Gasteiger partial charge in [-0.25, -0.2) is 17.9 Å². The Bertz CT molecular complexity index is 1100. The first-order chi connectivity index (χ1) is 16.8. The number of likely N-dealkylation sites (N-methyl/N-ethyl adjacent to an activating group) is 1. The molecule has 1 atom stereocenters. The van der Waals surface area contributed by atoms with Gasteiger partial charge < -0.3 is 9.59 Å². The number of rotatable bonds is 16. The highest BCUT2D eigenvalue weighted by Crippen LogP contribution is 2.60. The van der Waals surface area contributed by atoms with E-state index in [1.165, 1.54) is 0 Å². The van der Waals surface area contributed by atoms with Crippen molar-refractivity contribution in [3.05, 3.63) is 0 Å². The fraction of sp³-hybridized carbons (Fsp3) is 0.933. The van der Waals surface area contributed by atoms with Crippen molar-refractivity contribution in [2.45, 2.75) is 48.0 Å². The first kappa shape index (κ1) is 37.3. The number of carboxylic acids is 1. The molecule has 9 nitrogen and oxygen atoms in total. The minimum Gasteiger partial charge on any atom is -0.477 e. The van der Waals surface area contributed by atoms with E-state index in [1.54, 1.807) is 0 Å². The number of carbonyl (C=O) groups is 1. The molecule has 0 aliphatic carbocycles. The minimum absolute atomic E-state index is 0.387. The van der Waals surface area contributed by atoms with Gasteiger partial charge in [0.05, 0.1) is 25.9 Å². The average molecular weight is 651 g/mol. The van der Waals surface area contributed by atoms with E-state index in [4.69, 9.17) is 9.66 Å². The normalized spacial score (nSPS) is 16.7. The number of halogens is 13. The maximum Gasteiger partial charge on any atom is 0.460 e. The fourth-order valence-corrected chi connectivity index (χ4v) is 4.46. The molecular weight excluding hydrogens is 631 g/mol. The Balaban J connectivity index is 5.85. The van der Waals surface area contributed by atoms with Crippen molar-refractivity contribution in [3.8, 4) is 0 Å². The average Bonchev–Trinajstić information content (AvgIpc) is 2.68. The van der Waals surface area contributed by atoms with Gasteiger partial charge in [0.1, 0.15) is 0 Å². The number of hydrogen-bond acceptors (Lipinski definition) is 5. The summed E-state index contributed by atoms with van der Waals surface area (Å²) < 4.78 is 224. The zero-order valence-electron chi connectivity index (χ0n) is 19.1. The molecule has 0 aromatic heterocycles. The van der Waals surface area contributed by atoms with E-state index in [0.29, 0.717) is 4.72 Å². The van der Waals surface area contributed by atoms with Gasteiger partial charge in [-0.15, -0.1) is 0 Å². The smallest absolute Gasteiger partial charge is 0.460 e. The molecule has 0 radical (unpaired) electrons. The van der Waals surface area contributed by atoms with Crippen LogP contribution in [0.5, 0.6) is 0 Å². The molecule has 0 aromatic carbocycles. The second kappa shape index (κ2) is 11.3. The molecule has 0 aromatic rings. The lowest BCUT2D eigenvalue weighted by molar-refractivity contribution is -0.902. The fourth-order valence-electron chi connectivity index (χ4n) is 2.91. The van der Waals surface area contributed by atoms with Crippen LogP contribution >= 0.6 is 0 Å². The van der Waals surface area contributed by atoms with Crippen LogP contribution in [0.25, 0.3) is 0 Å². The number of aliphatic carboxylic acids is 1. The second-order valence-corrected chi connectivity index (χ2v) is 11.7. The Morgan fingerprint density at radius 1 is 0.744 bits per heavy atom. The molecule has 0 heterocycles.